The molecule has 0 heterocycles. The average Bonchev–Trinajstić information content (AvgIpc) is 2.46. The maximum absolute atomic E-state index is 11.6. The van der Waals surface area contributed by atoms with E-state index in [1.54, 1.807) is 7.11 Å². The summed E-state index contributed by atoms with van der Waals surface area (Å²) in [6.45, 7) is 0. The van der Waals surface area contributed by atoms with Crippen LogP contribution in [0.1, 0.15) is 37.2 Å². The van der Waals surface area contributed by atoms with Crippen molar-refractivity contribution in [3.8, 4) is 5.75 Å². The van der Waals surface area contributed by atoms with Gasteiger partial charge in [-0.05, 0) is 47.2 Å². The summed E-state index contributed by atoms with van der Waals surface area (Å²) in [5.74, 6) is 1.70. The highest BCUT2D eigenvalue weighted by Gasteiger charge is 2.20. The second kappa shape index (κ2) is 5.04. The minimum absolute atomic E-state index is 0.408. The molecule has 1 fully saturated rings. The van der Waals surface area contributed by atoms with Crippen molar-refractivity contribution in [1.29, 1.82) is 0 Å². The molecule has 0 amide bonds. The van der Waals surface area contributed by atoms with Crippen molar-refractivity contribution in [3.63, 3.8) is 0 Å². The molecule has 2 aromatic carbocycles. The van der Waals surface area contributed by atoms with E-state index in [0.29, 0.717) is 18.1 Å². The maximum atomic E-state index is 11.6. The largest absolute Gasteiger partial charge is 0.497 e. The molecule has 0 radical (unpaired) electrons. The molecule has 1 saturated carbocycles. The lowest BCUT2D eigenvalue weighted by Gasteiger charge is -2.21. The van der Waals surface area contributed by atoms with Crippen LogP contribution in [0.5, 0.6) is 5.75 Å². The molecule has 0 spiro atoms. The van der Waals surface area contributed by atoms with Crippen molar-refractivity contribution in [2.45, 2.75) is 31.6 Å². The van der Waals surface area contributed by atoms with E-state index in [9.17, 15) is 4.79 Å². The molecule has 0 saturated heterocycles. The number of benzene rings is 2. The van der Waals surface area contributed by atoms with Gasteiger partial charge in [0.05, 0.1) is 7.11 Å². The number of carbonyl (C=O) groups excluding carboxylic acids is 1. The predicted molar refractivity (Wildman–Crippen MR) is 76.7 cm³/mol. The number of Topliss-reactive ketones (excluding diaryl/α,β-unsaturated/α-hetero) is 1. The van der Waals surface area contributed by atoms with Crippen molar-refractivity contribution >= 4 is 16.6 Å². The summed E-state index contributed by atoms with van der Waals surface area (Å²) in [5.41, 5.74) is 1.30. The van der Waals surface area contributed by atoms with E-state index in [2.05, 4.69) is 24.3 Å². The Kier molecular flexibility index (Phi) is 3.24. The van der Waals surface area contributed by atoms with Crippen LogP contribution in [0.3, 0.4) is 0 Å². The number of ether oxygens (including phenoxy) is 1. The van der Waals surface area contributed by atoms with E-state index in [-0.39, 0.29) is 0 Å². The van der Waals surface area contributed by atoms with Gasteiger partial charge in [0.2, 0.25) is 0 Å². The molecule has 2 heteroatoms. The Balaban J connectivity index is 1.95. The zero-order valence-electron chi connectivity index (χ0n) is 11.2. The molecule has 0 unspecified atom stereocenters. The molecule has 1 aliphatic rings. The Bertz CT molecular complexity index is 616. The van der Waals surface area contributed by atoms with Gasteiger partial charge in [0.1, 0.15) is 11.5 Å². The molecule has 0 N–H and O–H groups in total. The summed E-state index contributed by atoms with van der Waals surface area (Å²) in [6.07, 6.45) is 3.64. The normalized spacial score (nSPS) is 19.6. The lowest BCUT2D eigenvalue weighted by molar-refractivity contribution is -0.120. The molecule has 1 aliphatic carbocycles. The Morgan fingerprint density at radius 2 is 1.89 bits per heavy atom. The molecule has 0 aromatic heterocycles. The van der Waals surface area contributed by atoms with Crippen LogP contribution in [0.2, 0.25) is 0 Å². The zero-order valence-corrected chi connectivity index (χ0v) is 11.2. The first kappa shape index (κ1) is 12.2. The standard InChI is InChI=1S/C17H18O2/c1-19-17-8-7-14-9-13(5-6-15(14)11-17)12-3-2-4-16(18)10-12/h5-9,11-12H,2-4,10H2,1H3/t12-/m1/s1. The lowest BCUT2D eigenvalue weighted by Crippen LogP contribution is -2.13. The van der Waals surface area contributed by atoms with Gasteiger partial charge in [0.25, 0.3) is 0 Å². The smallest absolute Gasteiger partial charge is 0.133 e. The highest BCUT2D eigenvalue weighted by atomic mass is 16.5. The first-order chi connectivity index (χ1) is 9.26. The van der Waals surface area contributed by atoms with Crippen molar-refractivity contribution in [3.05, 3.63) is 42.0 Å². The Hall–Kier alpha value is -1.83. The van der Waals surface area contributed by atoms with Crippen LogP contribution < -0.4 is 4.74 Å². The molecule has 0 aliphatic heterocycles. The molecule has 1 atom stereocenters. The topological polar surface area (TPSA) is 26.3 Å². The minimum atomic E-state index is 0.408. The highest BCUT2D eigenvalue weighted by molar-refractivity contribution is 5.85. The van der Waals surface area contributed by atoms with E-state index in [0.717, 1.165) is 25.0 Å². The second-order valence-corrected chi connectivity index (χ2v) is 5.30. The number of hydrogen-bond acceptors (Lipinski definition) is 2. The SMILES string of the molecule is COc1ccc2cc([C@@H]3CCCC(=O)C3)ccc2c1. The minimum Gasteiger partial charge on any atom is -0.497 e. The summed E-state index contributed by atoms with van der Waals surface area (Å²) in [7, 11) is 1.68. The molecule has 0 bridgehead atoms. The molecular formula is C17H18O2. The van der Waals surface area contributed by atoms with Gasteiger partial charge in [-0.15, -0.1) is 0 Å². The van der Waals surface area contributed by atoms with Gasteiger partial charge in [0, 0.05) is 12.8 Å². The molecule has 3 rings (SSSR count). The summed E-state index contributed by atoms with van der Waals surface area (Å²) in [5, 5.41) is 2.40. The van der Waals surface area contributed by atoms with E-state index >= 15 is 0 Å². The number of hydrogen-bond donors (Lipinski definition) is 0. The number of carbonyl (C=O) groups is 1. The van der Waals surface area contributed by atoms with Crippen molar-refractivity contribution in [2.24, 2.45) is 0 Å². The third-order valence-electron chi connectivity index (χ3n) is 4.03. The van der Waals surface area contributed by atoms with Gasteiger partial charge in [0.15, 0.2) is 0 Å². The third-order valence-corrected chi connectivity index (χ3v) is 4.03. The fourth-order valence-corrected chi connectivity index (χ4v) is 2.93. The van der Waals surface area contributed by atoms with Gasteiger partial charge in [-0.3, -0.25) is 4.79 Å². The van der Waals surface area contributed by atoms with Crippen LogP contribution in [-0.4, -0.2) is 12.9 Å². The summed E-state index contributed by atoms with van der Waals surface area (Å²) >= 11 is 0. The van der Waals surface area contributed by atoms with Crippen molar-refractivity contribution < 1.29 is 9.53 Å². The van der Waals surface area contributed by atoms with Gasteiger partial charge >= 0.3 is 0 Å². The molecule has 98 valence electrons. The van der Waals surface area contributed by atoms with Crippen LogP contribution in [-0.2, 0) is 4.79 Å². The quantitative estimate of drug-likeness (QED) is 0.807. The third kappa shape index (κ3) is 2.48. The first-order valence-electron chi connectivity index (χ1n) is 6.85. The van der Waals surface area contributed by atoms with Crippen LogP contribution >= 0.6 is 0 Å². The molecule has 2 nitrogen and oxygen atoms in total. The fraction of sp³-hybridized carbons (Fsp3) is 0.353. The summed E-state index contributed by atoms with van der Waals surface area (Å²) in [4.78, 5) is 11.6. The fourth-order valence-electron chi connectivity index (χ4n) is 2.93. The first-order valence-corrected chi connectivity index (χ1v) is 6.85. The van der Waals surface area contributed by atoms with Crippen LogP contribution in [0.25, 0.3) is 10.8 Å². The summed E-state index contributed by atoms with van der Waals surface area (Å²) < 4.78 is 5.24. The Morgan fingerprint density at radius 1 is 1.11 bits per heavy atom. The zero-order chi connectivity index (χ0) is 13.2. The van der Waals surface area contributed by atoms with E-state index in [4.69, 9.17) is 4.74 Å². The Labute approximate surface area is 113 Å². The van der Waals surface area contributed by atoms with Crippen molar-refractivity contribution in [1.82, 2.24) is 0 Å². The summed E-state index contributed by atoms with van der Waals surface area (Å²) in [6, 6.07) is 12.6. The second-order valence-electron chi connectivity index (χ2n) is 5.30. The van der Waals surface area contributed by atoms with Gasteiger partial charge in [-0.25, -0.2) is 0 Å². The Morgan fingerprint density at radius 3 is 2.68 bits per heavy atom. The molecular weight excluding hydrogens is 236 g/mol. The number of ketones is 1. The molecule has 19 heavy (non-hydrogen) atoms. The van der Waals surface area contributed by atoms with E-state index in [1.807, 2.05) is 12.1 Å². The van der Waals surface area contributed by atoms with Crippen LogP contribution in [0.4, 0.5) is 0 Å². The van der Waals surface area contributed by atoms with Gasteiger partial charge in [-0.1, -0.05) is 24.3 Å². The average molecular weight is 254 g/mol. The lowest BCUT2D eigenvalue weighted by atomic mass is 9.83. The maximum Gasteiger partial charge on any atom is 0.133 e. The monoisotopic (exact) mass is 254 g/mol. The number of methoxy groups -OCH3 is 1. The van der Waals surface area contributed by atoms with Gasteiger partial charge in [-0.2, -0.15) is 0 Å². The van der Waals surface area contributed by atoms with E-state index < -0.39 is 0 Å². The number of rotatable bonds is 2. The number of fused-ring (bicyclic) bond motifs is 1. The predicted octanol–water partition coefficient (Wildman–Crippen LogP) is 4.08. The highest BCUT2D eigenvalue weighted by Crippen LogP contribution is 2.33. The van der Waals surface area contributed by atoms with Crippen LogP contribution in [0.15, 0.2) is 36.4 Å². The van der Waals surface area contributed by atoms with Gasteiger partial charge < -0.3 is 4.74 Å². The van der Waals surface area contributed by atoms with Crippen molar-refractivity contribution in [2.75, 3.05) is 7.11 Å². The van der Waals surface area contributed by atoms with Crippen LogP contribution in [0, 0.1) is 0 Å². The molecule has 2 aromatic rings. The van der Waals surface area contributed by atoms with E-state index in [1.165, 1.54) is 16.3 Å².